The molecule has 0 fully saturated rings. The van der Waals surface area contributed by atoms with Gasteiger partial charge in [-0.2, -0.15) is 13.2 Å². The molecule has 5 aromatic carbocycles. The first-order valence-corrected chi connectivity index (χ1v) is 16.9. The van der Waals surface area contributed by atoms with Gasteiger partial charge in [-0.3, -0.25) is 14.4 Å². The van der Waals surface area contributed by atoms with Crippen molar-refractivity contribution in [3.05, 3.63) is 149 Å². The van der Waals surface area contributed by atoms with E-state index in [-0.39, 0.29) is 11.4 Å². The fraction of sp³-hybridized carbons (Fsp3) is 0.125. The molecule has 0 aliphatic carbocycles. The van der Waals surface area contributed by atoms with Crippen molar-refractivity contribution in [1.82, 2.24) is 5.32 Å². The third-order valence-corrected chi connectivity index (χ3v) is 8.96. The highest BCUT2D eigenvalue weighted by molar-refractivity contribution is 8.00. The lowest BCUT2D eigenvalue weighted by atomic mass is 10.1. The first-order chi connectivity index (χ1) is 25.5. The second kappa shape index (κ2) is 17.3. The zero-order valence-electron chi connectivity index (χ0n) is 28.7. The fourth-order valence-corrected chi connectivity index (χ4v) is 6.21. The Morgan fingerprint density at radius 3 is 1.92 bits per heavy atom. The molecule has 1 unspecified atom stereocenters. The number of benzene rings is 5. The molecule has 0 saturated carbocycles. The van der Waals surface area contributed by atoms with E-state index in [0.717, 1.165) is 23.9 Å². The van der Waals surface area contributed by atoms with Crippen molar-refractivity contribution in [2.75, 3.05) is 32.0 Å². The van der Waals surface area contributed by atoms with Crippen LogP contribution < -0.4 is 30.2 Å². The molecule has 1 atom stereocenters. The number of anilines is 2. The Bertz CT molecular complexity index is 2110. The van der Waals surface area contributed by atoms with Gasteiger partial charge in [0, 0.05) is 33.5 Å². The highest BCUT2D eigenvalue weighted by Crippen LogP contribution is 2.39. The molecular formula is C40H34F3N3O6S. The van der Waals surface area contributed by atoms with Crippen LogP contribution in [0.2, 0.25) is 0 Å². The van der Waals surface area contributed by atoms with Gasteiger partial charge in [0.05, 0.1) is 26.9 Å². The molecule has 13 heteroatoms. The largest absolute Gasteiger partial charge is 0.496 e. The summed E-state index contributed by atoms with van der Waals surface area (Å²) >= 11 is 1.14. The molecule has 0 bridgehead atoms. The number of nitrogens with one attached hydrogen (secondary N) is 3. The van der Waals surface area contributed by atoms with E-state index in [4.69, 9.17) is 14.2 Å². The van der Waals surface area contributed by atoms with Gasteiger partial charge in [-0.25, -0.2) is 0 Å². The van der Waals surface area contributed by atoms with Crippen LogP contribution in [0.3, 0.4) is 0 Å². The summed E-state index contributed by atoms with van der Waals surface area (Å²) in [5, 5.41) is 7.23. The van der Waals surface area contributed by atoms with Gasteiger partial charge in [0.2, 0.25) is 5.91 Å². The van der Waals surface area contributed by atoms with Crippen molar-refractivity contribution in [3.8, 4) is 17.2 Å². The van der Waals surface area contributed by atoms with Crippen LogP contribution in [-0.4, -0.2) is 39.1 Å². The number of thioether (sulfide) groups is 1. The van der Waals surface area contributed by atoms with Gasteiger partial charge in [-0.1, -0.05) is 60.7 Å². The molecule has 0 aromatic heterocycles. The third-order valence-electron chi connectivity index (χ3n) is 7.71. The van der Waals surface area contributed by atoms with Crippen LogP contribution in [0.5, 0.6) is 17.2 Å². The van der Waals surface area contributed by atoms with Crippen LogP contribution in [0, 0.1) is 0 Å². The van der Waals surface area contributed by atoms with Crippen molar-refractivity contribution >= 4 is 46.9 Å². The maximum absolute atomic E-state index is 13.9. The van der Waals surface area contributed by atoms with E-state index >= 15 is 0 Å². The van der Waals surface area contributed by atoms with Crippen molar-refractivity contribution in [1.29, 1.82) is 0 Å². The number of amides is 3. The number of ether oxygens (including phenoxy) is 3. The molecule has 0 aliphatic rings. The number of methoxy groups -OCH3 is 3. The van der Waals surface area contributed by atoms with Gasteiger partial charge in [-0.15, -0.1) is 11.8 Å². The van der Waals surface area contributed by atoms with E-state index < -0.39 is 34.7 Å². The summed E-state index contributed by atoms with van der Waals surface area (Å²) < 4.78 is 56.4. The predicted octanol–water partition coefficient (Wildman–Crippen LogP) is 8.61. The zero-order chi connectivity index (χ0) is 38.0. The number of carbonyl (C=O) groups is 3. The average molecular weight is 742 g/mol. The SMILES string of the molecule is COc1cc(OC)c(OC)cc1/C=C(/NC(=O)c1ccccc1)C(=O)Nc1cccc(SC(C(=O)Nc2cccc(C(F)(F)F)c2)c2ccccc2)c1. The van der Waals surface area contributed by atoms with Crippen LogP contribution in [-0.2, 0) is 15.8 Å². The van der Waals surface area contributed by atoms with Gasteiger partial charge >= 0.3 is 6.18 Å². The van der Waals surface area contributed by atoms with E-state index in [1.165, 1.54) is 39.5 Å². The Kier molecular flexibility index (Phi) is 12.4. The predicted molar refractivity (Wildman–Crippen MR) is 198 cm³/mol. The maximum Gasteiger partial charge on any atom is 0.416 e. The quantitative estimate of drug-likeness (QED) is 0.0818. The lowest BCUT2D eigenvalue weighted by Gasteiger charge is -2.18. The average Bonchev–Trinajstić information content (AvgIpc) is 3.17. The minimum Gasteiger partial charge on any atom is -0.496 e. The van der Waals surface area contributed by atoms with Crippen molar-refractivity contribution in [3.63, 3.8) is 0 Å². The van der Waals surface area contributed by atoms with Crippen LogP contribution in [0.15, 0.2) is 132 Å². The number of carbonyl (C=O) groups excluding carboxylic acids is 3. The summed E-state index contributed by atoms with van der Waals surface area (Å²) in [6.45, 7) is 0. The van der Waals surface area contributed by atoms with Gasteiger partial charge < -0.3 is 30.2 Å². The van der Waals surface area contributed by atoms with E-state index in [2.05, 4.69) is 16.0 Å². The molecule has 53 heavy (non-hydrogen) atoms. The summed E-state index contributed by atoms with van der Waals surface area (Å²) in [6.07, 6.45) is -3.13. The maximum atomic E-state index is 13.9. The van der Waals surface area contributed by atoms with E-state index in [0.29, 0.717) is 44.5 Å². The lowest BCUT2D eigenvalue weighted by Crippen LogP contribution is -2.30. The first-order valence-electron chi connectivity index (χ1n) is 16.0. The molecular weight excluding hydrogens is 708 g/mol. The van der Waals surface area contributed by atoms with Gasteiger partial charge in [0.15, 0.2) is 11.5 Å². The van der Waals surface area contributed by atoms with E-state index in [1.807, 2.05) is 0 Å². The molecule has 5 aromatic rings. The van der Waals surface area contributed by atoms with Crippen LogP contribution in [0.4, 0.5) is 24.5 Å². The topological polar surface area (TPSA) is 115 Å². The highest BCUT2D eigenvalue weighted by atomic mass is 32.2. The second-order valence-corrected chi connectivity index (χ2v) is 12.5. The van der Waals surface area contributed by atoms with Gasteiger partial charge in [-0.05, 0) is 66.2 Å². The Labute approximate surface area is 308 Å². The number of halogens is 3. The first kappa shape index (κ1) is 38.0. The minimum absolute atomic E-state index is 0.00431. The highest BCUT2D eigenvalue weighted by Gasteiger charge is 2.31. The van der Waals surface area contributed by atoms with Crippen LogP contribution in [0.1, 0.15) is 32.3 Å². The smallest absolute Gasteiger partial charge is 0.416 e. The van der Waals surface area contributed by atoms with Crippen LogP contribution >= 0.6 is 11.8 Å². The second-order valence-electron chi connectivity index (χ2n) is 11.3. The minimum atomic E-state index is -4.58. The molecule has 9 nitrogen and oxygen atoms in total. The van der Waals surface area contributed by atoms with Gasteiger partial charge in [0.25, 0.3) is 11.8 Å². The lowest BCUT2D eigenvalue weighted by molar-refractivity contribution is -0.137. The molecule has 0 spiro atoms. The molecule has 0 aliphatic heterocycles. The van der Waals surface area contributed by atoms with Crippen molar-refractivity contribution < 1.29 is 41.8 Å². The molecule has 272 valence electrons. The molecule has 0 radical (unpaired) electrons. The summed E-state index contributed by atoms with van der Waals surface area (Å²) in [5.74, 6) is -0.650. The van der Waals surface area contributed by atoms with E-state index in [1.54, 1.807) is 97.1 Å². The number of alkyl halides is 3. The molecule has 0 heterocycles. The summed E-state index contributed by atoms with van der Waals surface area (Å²) in [7, 11) is 4.39. The van der Waals surface area contributed by atoms with Crippen molar-refractivity contribution in [2.45, 2.75) is 16.3 Å². The molecule has 5 rings (SSSR count). The fourth-order valence-electron chi connectivity index (χ4n) is 5.13. The summed E-state index contributed by atoms with van der Waals surface area (Å²) in [6, 6.07) is 31.4. The summed E-state index contributed by atoms with van der Waals surface area (Å²) in [5.41, 5.74) is 0.657. The monoisotopic (exact) mass is 741 g/mol. The number of hydrogen-bond acceptors (Lipinski definition) is 7. The molecule has 3 amide bonds. The Morgan fingerprint density at radius 2 is 1.28 bits per heavy atom. The van der Waals surface area contributed by atoms with Crippen molar-refractivity contribution in [2.24, 2.45) is 0 Å². The normalized spacial score (nSPS) is 11.9. The molecule has 3 N–H and O–H groups in total. The zero-order valence-corrected chi connectivity index (χ0v) is 29.5. The summed E-state index contributed by atoms with van der Waals surface area (Å²) in [4.78, 5) is 41.3. The Morgan fingerprint density at radius 1 is 0.679 bits per heavy atom. The van der Waals surface area contributed by atoms with Gasteiger partial charge in [0.1, 0.15) is 16.7 Å². The van der Waals surface area contributed by atoms with E-state index in [9.17, 15) is 27.6 Å². The molecule has 0 saturated heterocycles. The number of rotatable bonds is 13. The Hall–Kier alpha value is -6.21. The standard InChI is InChI=1S/C40H34F3N3O6S/c1-50-33-24-35(52-3)34(51-2)21-27(33)20-32(46-37(47)26-14-8-5-9-15-26)38(48)44-30-18-11-19-31(23-30)53-36(25-12-6-4-7-13-25)39(49)45-29-17-10-16-28(22-29)40(41,42)43/h4-24,36H,1-3H3,(H,44,48)(H,45,49)(H,46,47)/b32-20+. The van der Waals surface area contributed by atoms with Crippen LogP contribution in [0.25, 0.3) is 6.08 Å². The third kappa shape index (κ3) is 9.98. The number of hydrogen-bond donors (Lipinski definition) is 3. The Balaban J connectivity index is 1.43.